The van der Waals surface area contributed by atoms with Gasteiger partial charge in [-0.05, 0) is 30.5 Å². The lowest BCUT2D eigenvalue weighted by atomic mass is 10.1. The van der Waals surface area contributed by atoms with E-state index in [1.807, 2.05) is 0 Å². The van der Waals surface area contributed by atoms with Crippen molar-refractivity contribution < 1.29 is 13.6 Å². The molecule has 1 aliphatic rings. The number of Topliss-reactive ketones (excluding diaryl/α,β-unsaturated/α-hetero) is 1. The molecule has 0 unspecified atom stereocenters. The van der Waals surface area contributed by atoms with Gasteiger partial charge in [0.05, 0.1) is 0 Å². The maximum atomic E-state index is 12.8. The summed E-state index contributed by atoms with van der Waals surface area (Å²) in [5, 5.41) is 0. The van der Waals surface area contributed by atoms with Crippen molar-refractivity contribution in [2.45, 2.75) is 19.3 Å². The van der Waals surface area contributed by atoms with Crippen molar-refractivity contribution >= 4 is 5.78 Å². The fourth-order valence-corrected chi connectivity index (χ4v) is 1.40. The highest BCUT2D eigenvalue weighted by atomic mass is 19.2. The van der Waals surface area contributed by atoms with E-state index in [0.29, 0.717) is 5.56 Å². The quantitative estimate of drug-likeness (QED) is 0.725. The first-order valence-electron chi connectivity index (χ1n) is 4.63. The summed E-state index contributed by atoms with van der Waals surface area (Å²) < 4.78 is 25.3. The van der Waals surface area contributed by atoms with E-state index in [-0.39, 0.29) is 18.1 Å². The molecule has 0 aliphatic heterocycles. The van der Waals surface area contributed by atoms with E-state index >= 15 is 0 Å². The summed E-state index contributed by atoms with van der Waals surface area (Å²) in [4.78, 5) is 11.4. The SMILES string of the molecule is O=C(Cc1ccc(F)c(F)c1)C1CC1. The van der Waals surface area contributed by atoms with Crippen LogP contribution in [0.1, 0.15) is 18.4 Å². The third-order valence-electron chi connectivity index (χ3n) is 2.40. The Morgan fingerprint density at radius 1 is 1.29 bits per heavy atom. The average molecular weight is 196 g/mol. The second kappa shape index (κ2) is 3.48. The van der Waals surface area contributed by atoms with Crippen LogP contribution in [0.25, 0.3) is 0 Å². The van der Waals surface area contributed by atoms with Gasteiger partial charge < -0.3 is 0 Å². The Bertz CT molecular complexity index is 370. The molecule has 0 amide bonds. The first-order valence-corrected chi connectivity index (χ1v) is 4.63. The molecule has 14 heavy (non-hydrogen) atoms. The van der Waals surface area contributed by atoms with Gasteiger partial charge in [-0.15, -0.1) is 0 Å². The summed E-state index contributed by atoms with van der Waals surface area (Å²) in [5.74, 6) is -1.45. The Morgan fingerprint density at radius 2 is 2.00 bits per heavy atom. The number of carbonyl (C=O) groups is 1. The van der Waals surface area contributed by atoms with Crippen molar-refractivity contribution in [3.63, 3.8) is 0 Å². The van der Waals surface area contributed by atoms with Gasteiger partial charge in [-0.1, -0.05) is 6.07 Å². The normalized spacial score (nSPS) is 15.6. The maximum Gasteiger partial charge on any atom is 0.159 e. The lowest BCUT2D eigenvalue weighted by Crippen LogP contribution is -2.05. The summed E-state index contributed by atoms with van der Waals surface area (Å²) >= 11 is 0. The Balaban J connectivity index is 2.08. The van der Waals surface area contributed by atoms with Crippen LogP contribution in [0.4, 0.5) is 8.78 Å². The third kappa shape index (κ3) is 1.97. The highest BCUT2D eigenvalue weighted by Crippen LogP contribution is 2.31. The van der Waals surface area contributed by atoms with Crippen LogP contribution in [0.3, 0.4) is 0 Å². The molecular formula is C11H10F2O. The molecule has 1 saturated carbocycles. The molecule has 1 aliphatic carbocycles. The van der Waals surface area contributed by atoms with E-state index < -0.39 is 11.6 Å². The average Bonchev–Trinajstić information content (AvgIpc) is 2.94. The maximum absolute atomic E-state index is 12.8. The van der Waals surface area contributed by atoms with E-state index in [1.54, 1.807) is 0 Å². The molecule has 2 rings (SSSR count). The fourth-order valence-electron chi connectivity index (χ4n) is 1.40. The predicted octanol–water partition coefficient (Wildman–Crippen LogP) is 2.49. The Morgan fingerprint density at radius 3 is 2.57 bits per heavy atom. The Hall–Kier alpha value is -1.25. The molecule has 0 saturated heterocycles. The second-order valence-electron chi connectivity index (χ2n) is 3.67. The Labute approximate surface area is 80.7 Å². The molecular weight excluding hydrogens is 186 g/mol. The summed E-state index contributed by atoms with van der Waals surface area (Å²) in [7, 11) is 0. The number of ketones is 1. The predicted molar refractivity (Wildman–Crippen MR) is 47.8 cm³/mol. The van der Waals surface area contributed by atoms with Gasteiger partial charge in [0.25, 0.3) is 0 Å². The number of benzene rings is 1. The number of hydrogen-bond donors (Lipinski definition) is 0. The van der Waals surface area contributed by atoms with Crippen LogP contribution in [0.15, 0.2) is 18.2 Å². The largest absolute Gasteiger partial charge is 0.299 e. The standard InChI is InChI=1S/C11H10F2O/c12-9-4-1-7(5-10(9)13)6-11(14)8-2-3-8/h1,4-5,8H,2-3,6H2. The Kier molecular flexibility index (Phi) is 2.32. The van der Waals surface area contributed by atoms with Gasteiger partial charge in [-0.2, -0.15) is 0 Å². The fraction of sp³-hybridized carbons (Fsp3) is 0.364. The van der Waals surface area contributed by atoms with Crippen molar-refractivity contribution in [3.05, 3.63) is 35.4 Å². The topological polar surface area (TPSA) is 17.1 Å². The van der Waals surface area contributed by atoms with Crippen molar-refractivity contribution in [2.75, 3.05) is 0 Å². The monoisotopic (exact) mass is 196 g/mol. The van der Waals surface area contributed by atoms with E-state index in [1.165, 1.54) is 6.07 Å². The van der Waals surface area contributed by atoms with Crippen LogP contribution in [-0.4, -0.2) is 5.78 Å². The van der Waals surface area contributed by atoms with Crippen molar-refractivity contribution in [1.29, 1.82) is 0 Å². The summed E-state index contributed by atoms with van der Waals surface area (Å²) in [6, 6.07) is 3.61. The van der Waals surface area contributed by atoms with Gasteiger partial charge >= 0.3 is 0 Å². The van der Waals surface area contributed by atoms with Crippen LogP contribution in [0, 0.1) is 17.6 Å². The highest BCUT2D eigenvalue weighted by molar-refractivity contribution is 5.85. The minimum absolute atomic E-state index is 0.135. The van der Waals surface area contributed by atoms with Crippen LogP contribution < -0.4 is 0 Å². The molecule has 1 nitrogen and oxygen atoms in total. The third-order valence-corrected chi connectivity index (χ3v) is 2.40. The van der Waals surface area contributed by atoms with Gasteiger partial charge in [-0.3, -0.25) is 4.79 Å². The molecule has 0 spiro atoms. The zero-order chi connectivity index (χ0) is 10.1. The van der Waals surface area contributed by atoms with Gasteiger partial charge in [0.15, 0.2) is 11.6 Å². The number of hydrogen-bond acceptors (Lipinski definition) is 1. The summed E-state index contributed by atoms with van der Waals surface area (Å²) in [6.07, 6.45) is 2.12. The summed E-state index contributed by atoms with van der Waals surface area (Å²) in [6.45, 7) is 0. The molecule has 0 radical (unpaired) electrons. The zero-order valence-electron chi connectivity index (χ0n) is 7.59. The number of rotatable bonds is 3. The molecule has 1 aromatic carbocycles. The molecule has 1 aromatic rings. The van der Waals surface area contributed by atoms with Crippen molar-refractivity contribution in [3.8, 4) is 0 Å². The van der Waals surface area contributed by atoms with E-state index in [9.17, 15) is 13.6 Å². The number of halogens is 2. The van der Waals surface area contributed by atoms with Gasteiger partial charge in [-0.25, -0.2) is 8.78 Å². The smallest absolute Gasteiger partial charge is 0.159 e. The second-order valence-corrected chi connectivity index (χ2v) is 3.67. The number of carbonyl (C=O) groups excluding carboxylic acids is 1. The van der Waals surface area contributed by atoms with Gasteiger partial charge in [0, 0.05) is 12.3 Å². The van der Waals surface area contributed by atoms with Crippen LogP contribution >= 0.6 is 0 Å². The lowest BCUT2D eigenvalue weighted by Gasteiger charge is -2.00. The molecule has 0 N–H and O–H groups in total. The molecule has 0 atom stereocenters. The first-order chi connectivity index (χ1) is 6.66. The van der Waals surface area contributed by atoms with Crippen molar-refractivity contribution in [2.24, 2.45) is 5.92 Å². The molecule has 0 heterocycles. The van der Waals surface area contributed by atoms with E-state index in [2.05, 4.69) is 0 Å². The van der Waals surface area contributed by atoms with E-state index in [0.717, 1.165) is 25.0 Å². The lowest BCUT2D eigenvalue weighted by molar-refractivity contribution is -0.119. The molecule has 0 aromatic heterocycles. The minimum Gasteiger partial charge on any atom is -0.299 e. The van der Waals surface area contributed by atoms with Crippen molar-refractivity contribution in [1.82, 2.24) is 0 Å². The molecule has 1 fully saturated rings. The van der Waals surface area contributed by atoms with Crippen LogP contribution in [0.2, 0.25) is 0 Å². The van der Waals surface area contributed by atoms with Crippen LogP contribution in [0.5, 0.6) is 0 Å². The zero-order valence-corrected chi connectivity index (χ0v) is 7.59. The van der Waals surface area contributed by atoms with Gasteiger partial charge in [0.2, 0.25) is 0 Å². The molecule has 74 valence electrons. The van der Waals surface area contributed by atoms with Crippen LogP contribution in [-0.2, 0) is 11.2 Å². The summed E-state index contributed by atoms with van der Waals surface area (Å²) in [5.41, 5.74) is 0.556. The molecule has 3 heteroatoms. The van der Waals surface area contributed by atoms with Gasteiger partial charge in [0.1, 0.15) is 5.78 Å². The minimum atomic E-state index is -0.883. The van der Waals surface area contributed by atoms with E-state index in [4.69, 9.17) is 0 Å². The molecule has 0 bridgehead atoms. The highest BCUT2D eigenvalue weighted by Gasteiger charge is 2.29. The first kappa shape index (κ1) is 9.31.